The Morgan fingerprint density at radius 1 is 0.855 bits per heavy atom. The number of rotatable bonds is 9. The molecule has 5 aromatic rings. The number of carbonyl (C=O) groups excluding carboxylic acids is 4. The van der Waals surface area contributed by atoms with Crippen LogP contribution in [0.5, 0.6) is 11.5 Å². The van der Waals surface area contributed by atoms with Crippen LogP contribution in [0, 0.1) is 33.1 Å². The number of nitrogens with zero attached hydrogens (tertiary/aromatic N) is 5. The molecular formula is C47H39ClFIN6O6. The number of anilines is 3. The van der Waals surface area contributed by atoms with Gasteiger partial charge in [-0.15, -0.1) is 0 Å². The zero-order valence-corrected chi connectivity index (χ0v) is 36.5. The van der Waals surface area contributed by atoms with Gasteiger partial charge in [0, 0.05) is 30.7 Å². The molecule has 0 unspecified atom stereocenters. The minimum Gasteiger partial charge on any atom is -0.504 e. The molecule has 15 heteroatoms. The Morgan fingerprint density at radius 2 is 1.50 bits per heavy atom. The first-order valence-electron chi connectivity index (χ1n) is 19.9. The summed E-state index contributed by atoms with van der Waals surface area (Å²) in [6, 6.07) is 29.9. The lowest BCUT2D eigenvalue weighted by molar-refractivity contribution is -0.138. The number of carbonyl (C=O) groups is 4. The number of hydrogen-bond acceptors (Lipinski definition) is 10. The molecule has 5 aromatic carbocycles. The summed E-state index contributed by atoms with van der Waals surface area (Å²) in [5.74, 6) is -6.43. The van der Waals surface area contributed by atoms with E-state index in [1.165, 1.54) is 36.3 Å². The highest BCUT2D eigenvalue weighted by Gasteiger charge is 2.70. The van der Waals surface area contributed by atoms with Gasteiger partial charge in [-0.05, 0) is 150 Å². The first kappa shape index (κ1) is 41.2. The van der Waals surface area contributed by atoms with Gasteiger partial charge < -0.3 is 14.7 Å². The van der Waals surface area contributed by atoms with Crippen LogP contribution in [0.4, 0.5) is 32.8 Å². The first-order chi connectivity index (χ1) is 29.8. The van der Waals surface area contributed by atoms with Gasteiger partial charge in [0.2, 0.25) is 11.8 Å². The molecule has 0 bridgehead atoms. The minimum atomic E-state index is -1.60. The van der Waals surface area contributed by atoms with E-state index < -0.39 is 58.5 Å². The van der Waals surface area contributed by atoms with Gasteiger partial charge in [-0.25, -0.2) is 4.39 Å². The second-order valence-electron chi connectivity index (χ2n) is 16.1. The zero-order chi connectivity index (χ0) is 43.6. The van der Waals surface area contributed by atoms with Gasteiger partial charge in [0.15, 0.2) is 11.5 Å². The van der Waals surface area contributed by atoms with Crippen LogP contribution in [0.1, 0.15) is 29.9 Å². The van der Waals surface area contributed by atoms with Crippen molar-refractivity contribution >= 4 is 86.3 Å². The Kier molecular flexibility index (Phi) is 10.6. The average molecular weight is 965 g/mol. The first-order valence-corrected chi connectivity index (χ1v) is 21.4. The summed E-state index contributed by atoms with van der Waals surface area (Å²) in [6.45, 7) is 0. The maximum absolute atomic E-state index is 15.4. The molecule has 9 rings (SSSR count). The molecule has 1 saturated carbocycles. The molecule has 12 nitrogen and oxygen atoms in total. The molecule has 2 N–H and O–H groups in total. The number of ether oxygens (including phenoxy) is 1. The third-order valence-electron chi connectivity index (χ3n) is 12.6. The third kappa shape index (κ3) is 6.70. The number of halogens is 3. The van der Waals surface area contributed by atoms with Crippen LogP contribution in [-0.4, -0.2) is 54.9 Å². The molecule has 3 fully saturated rings. The maximum Gasteiger partial charge on any atom is 0.260 e. The lowest BCUT2D eigenvalue weighted by Crippen LogP contribution is -2.53. The van der Waals surface area contributed by atoms with E-state index in [0.29, 0.717) is 42.5 Å². The second kappa shape index (κ2) is 16.0. The van der Waals surface area contributed by atoms with Gasteiger partial charge in [0.25, 0.3) is 11.8 Å². The maximum atomic E-state index is 15.4. The molecule has 2 aliphatic heterocycles. The average Bonchev–Trinajstić information content (AvgIpc) is 3.65. The Morgan fingerprint density at radius 3 is 2.13 bits per heavy atom. The van der Waals surface area contributed by atoms with Crippen LogP contribution in [-0.2, 0) is 24.6 Å². The third-order valence-corrected chi connectivity index (χ3v) is 13.7. The number of benzene rings is 5. The summed E-state index contributed by atoms with van der Waals surface area (Å²) in [7, 11) is 5.34. The van der Waals surface area contributed by atoms with Crippen molar-refractivity contribution in [1.29, 1.82) is 0 Å². The van der Waals surface area contributed by atoms with Gasteiger partial charge in [-0.2, -0.15) is 15.2 Å². The molecule has 2 heterocycles. The number of imide groups is 2. The highest BCUT2D eigenvalue weighted by atomic mass is 127. The number of aromatic hydroxyl groups is 1. The standard InChI is InChI=1S/C47H39ClFIN6O6/c1-54(2)32-16-12-29(13-17-32)51-52-30-14-18-33(19-15-30)55-43(58)35-21-20-34-36(40(35)45(55)60)24-37-44(59)56(53-31-10-8-28(49)9-11-31)46(61)47(37,26-4-6-27(48)7-5-26)41(34)25-22-38(50)42(57)39(23-25)62-3/h4-20,22-23,35-37,40-41,53,57H,21,24H2,1-3H3/t35-,36+,37-,40-,41-,47+/m0/s1. The Labute approximate surface area is 375 Å². The normalized spacial score (nSPS) is 24.2. The fourth-order valence-corrected chi connectivity index (χ4v) is 10.6. The second-order valence-corrected chi connectivity index (χ2v) is 17.7. The van der Waals surface area contributed by atoms with E-state index in [1.807, 2.05) is 71.9 Å². The molecule has 0 spiro atoms. The van der Waals surface area contributed by atoms with Gasteiger partial charge in [-0.3, -0.25) is 29.5 Å². The summed E-state index contributed by atoms with van der Waals surface area (Å²) in [4.78, 5) is 62.8. The van der Waals surface area contributed by atoms with Gasteiger partial charge in [0.1, 0.15) is 5.82 Å². The molecule has 4 amide bonds. The predicted octanol–water partition coefficient (Wildman–Crippen LogP) is 9.47. The number of azo groups is 1. The lowest BCUT2D eigenvalue weighted by atomic mass is 9.49. The van der Waals surface area contributed by atoms with Gasteiger partial charge in [-0.1, -0.05) is 35.4 Å². The molecule has 6 atom stereocenters. The number of hydrogen-bond donors (Lipinski definition) is 2. The summed E-state index contributed by atoms with van der Waals surface area (Å²) in [5, 5.41) is 21.1. The van der Waals surface area contributed by atoms with Crippen LogP contribution in [0.3, 0.4) is 0 Å². The number of allylic oxidation sites excluding steroid dienone is 2. The molecule has 314 valence electrons. The number of hydrazine groups is 1. The number of amides is 4. The minimum absolute atomic E-state index is 0.0618. The van der Waals surface area contributed by atoms with Crippen molar-refractivity contribution in [3.05, 3.63) is 146 Å². The fraction of sp³-hybridized carbons (Fsp3) is 0.234. The monoisotopic (exact) mass is 964 g/mol. The van der Waals surface area contributed by atoms with E-state index >= 15 is 4.79 Å². The number of phenolic OH excluding ortho intramolecular Hbond substituents is 1. The summed E-state index contributed by atoms with van der Waals surface area (Å²) in [6.07, 6.45) is 2.22. The van der Waals surface area contributed by atoms with Crippen molar-refractivity contribution in [3.63, 3.8) is 0 Å². The smallest absolute Gasteiger partial charge is 0.260 e. The Hall–Kier alpha value is -6.13. The highest BCUT2D eigenvalue weighted by molar-refractivity contribution is 14.1. The predicted molar refractivity (Wildman–Crippen MR) is 240 cm³/mol. The van der Waals surface area contributed by atoms with Crippen molar-refractivity contribution in [2.75, 3.05) is 36.4 Å². The quantitative estimate of drug-likeness (QED) is 0.0644. The largest absolute Gasteiger partial charge is 0.504 e. The van der Waals surface area contributed by atoms with Crippen molar-refractivity contribution in [1.82, 2.24) is 5.01 Å². The molecule has 62 heavy (non-hydrogen) atoms. The van der Waals surface area contributed by atoms with Crippen LogP contribution in [0.2, 0.25) is 5.02 Å². The van der Waals surface area contributed by atoms with Crippen LogP contribution in [0.15, 0.2) is 131 Å². The SMILES string of the molecule is COc1cc([C@H]2C3=CC[C@@H]4C(=O)N(c5ccc(N=Nc6ccc(N(C)C)cc6)cc5)C(=O)[C@@H]4[C@@H]3C[C@H]3C(=O)N(Nc4ccc(F)cc4)C(=O)[C@@]23c2ccc(Cl)cc2)cc(I)c1O. The lowest BCUT2D eigenvalue weighted by Gasteiger charge is -2.50. The van der Waals surface area contributed by atoms with Crippen LogP contribution >= 0.6 is 34.2 Å². The van der Waals surface area contributed by atoms with Crippen molar-refractivity contribution in [2.45, 2.75) is 24.2 Å². The molecule has 4 aliphatic rings. The Balaban J connectivity index is 1.12. The van der Waals surface area contributed by atoms with Crippen LogP contribution < -0.4 is 20.0 Å². The van der Waals surface area contributed by atoms with E-state index in [4.69, 9.17) is 16.3 Å². The van der Waals surface area contributed by atoms with E-state index in [-0.39, 0.29) is 30.2 Å². The van der Waals surface area contributed by atoms with Gasteiger partial charge in [0.05, 0.1) is 56.6 Å². The molecule has 2 aliphatic carbocycles. The molecule has 0 aromatic heterocycles. The van der Waals surface area contributed by atoms with E-state index in [9.17, 15) is 23.9 Å². The van der Waals surface area contributed by atoms with Crippen molar-refractivity contribution in [3.8, 4) is 11.5 Å². The highest BCUT2D eigenvalue weighted by Crippen LogP contribution is 2.64. The number of phenols is 1. The van der Waals surface area contributed by atoms with Crippen LogP contribution in [0.25, 0.3) is 0 Å². The summed E-state index contributed by atoms with van der Waals surface area (Å²) in [5.41, 5.74) is 6.08. The zero-order valence-electron chi connectivity index (χ0n) is 33.6. The molecule has 2 saturated heterocycles. The number of nitrogens with one attached hydrogen (secondary N) is 1. The topological polar surface area (TPSA) is 144 Å². The number of fused-ring (bicyclic) bond motifs is 4. The van der Waals surface area contributed by atoms with Gasteiger partial charge >= 0.3 is 0 Å². The van der Waals surface area contributed by atoms with E-state index in [1.54, 1.807) is 60.7 Å². The van der Waals surface area contributed by atoms with E-state index in [2.05, 4.69) is 15.7 Å². The molecular weight excluding hydrogens is 926 g/mol. The molecule has 0 radical (unpaired) electrons. The van der Waals surface area contributed by atoms with Crippen molar-refractivity contribution in [2.24, 2.45) is 33.9 Å². The fourth-order valence-electron chi connectivity index (χ4n) is 9.80. The van der Waals surface area contributed by atoms with E-state index in [0.717, 1.165) is 16.3 Å². The summed E-state index contributed by atoms with van der Waals surface area (Å²) < 4.78 is 20.1. The Bertz CT molecular complexity index is 2700. The number of methoxy groups -OCH3 is 1. The summed E-state index contributed by atoms with van der Waals surface area (Å²) >= 11 is 8.42. The van der Waals surface area contributed by atoms with Crippen molar-refractivity contribution < 1.29 is 33.4 Å².